The van der Waals surface area contributed by atoms with Crippen LogP contribution >= 0.6 is 24.0 Å². The molecular formula is C15H31IN4. The molecule has 1 atom stereocenters. The monoisotopic (exact) mass is 394 g/mol. The molecule has 2 rings (SSSR count). The predicted octanol–water partition coefficient (Wildman–Crippen LogP) is 2.57. The molecule has 1 aliphatic carbocycles. The van der Waals surface area contributed by atoms with Crippen molar-refractivity contribution in [3.63, 3.8) is 0 Å². The molecule has 4 nitrogen and oxygen atoms in total. The van der Waals surface area contributed by atoms with Crippen LogP contribution in [0.25, 0.3) is 0 Å². The van der Waals surface area contributed by atoms with Crippen LogP contribution in [0.15, 0.2) is 4.99 Å². The van der Waals surface area contributed by atoms with Crippen LogP contribution in [0.3, 0.4) is 0 Å². The first-order chi connectivity index (χ1) is 9.15. The molecule has 1 aliphatic heterocycles. The molecule has 0 amide bonds. The zero-order valence-electron chi connectivity index (χ0n) is 13.0. The van der Waals surface area contributed by atoms with Gasteiger partial charge in [-0.2, -0.15) is 0 Å². The van der Waals surface area contributed by atoms with Crippen molar-refractivity contribution in [2.45, 2.75) is 64.5 Å². The minimum absolute atomic E-state index is 0. The summed E-state index contributed by atoms with van der Waals surface area (Å²) in [5.41, 5.74) is 6.00. The average molecular weight is 394 g/mol. The molecule has 5 heteroatoms. The van der Waals surface area contributed by atoms with Gasteiger partial charge in [0.1, 0.15) is 0 Å². The lowest BCUT2D eigenvalue weighted by atomic mass is 10.2. The molecule has 0 spiro atoms. The van der Waals surface area contributed by atoms with Crippen LogP contribution in [0.5, 0.6) is 0 Å². The van der Waals surface area contributed by atoms with E-state index in [9.17, 15) is 0 Å². The van der Waals surface area contributed by atoms with Gasteiger partial charge in [0.2, 0.25) is 0 Å². The van der Waals surface area contributed by atoms with Gasteiger partial charge in [-0.05, 0) is 38.1 Å². The predicted molar refractivity (Wildman–Crippen MR) is 96.7 cm³/mol. The molecule has 3 N–H and O–H groups in total. The Morgan fingerprint density at radius 3 is 2.60 bits per heavy atom. The number of guanidine groups is 1. The van der Waals surface area contributed by atoms with E-state index in [1.54, 1.807) is 0 Å². The Kier molecular flexibility index (Phi) is 8.17. The lowest BCUT2D eigenvalue weighted by molar-refractivity contribution is 0.231. The van der Waals surface area contributed by atoms with E-state index in [2.05, 4.69) is 29.1 Å². The van der Waals surface area contributed by atoms with Gasteiger partial charge in [0, 0.05) is 18.6 Å². The molecule has 0 bridgehead atoms. The maximum Gasteiger partial charge on any atom is 0.188 e. The van der Waals surface area contributed by atoms with Crippen molar-refractivity contribution in [2.75, 3.05) is 19.6 Å². The van der Waals surface area contributed by atoms with Gasteiger partial charge < -0.3 is 11.1 Å². The third kappa shape index (κ3) is 5.76. The maximum atomic E-state index is 6.00. The van der Waals surface area contributed by atoms with Crippen molar-refractivity contribution in [2.24, 2.45) is 16.6 Å². The van der Waals surface area contributed by atoms with E-state index in [1.165, 1.54) is 51.6 Å². The highest BCUT2D eigenvalue weighted by atomic mass is 127. The Morgan fingerprint density at radius 2 is 1.95 bits per heavy atom. The average Bonchev–Trinajstić information content (AvgIpc) is 2.97. The van der Waals surface area contributed by atoms with Crippen LogP contribution in [0, 0.1) is 5.92 Å². The van der Waals surface area contributed by atoms with Gasteiger partial charge in [0.15, 0.2) is 5.96 Å². The third-order valence-electron chi connectivity index (χ3n) is 4.28. The zero-order valence-corrected chi connectivity index (χ0v) is 15.3. The summed E-state index contributed by atoms with van der Waals surface area (Å²) < 4.78 is 0. The van der Waals surface area contributed by atoms with Gasteiger partial charge in [-0.3, -0.25) is 9.89 Å². The highest BCUT2D eigenvalue weighted by Crippen LogP contribution is 2.19. The summed E-state index contributed by atoms with van der Waals surface area (Å²) >= 11 is 0. The topological polar surface area (TPSA) is 53.6 Å². The molecule has 0 aromatic rings. The molecule has 118 valence electrons. The molecule has 20 heavy (non-hydrogen) atoms. The van der Waals surface area contributed by atoms with Gasteiger partial charge >= 0.3 is 0 Å². The minimum Gasteiger partial charge on any atom is -0.370 e. The van der Waals surface area contributed by atoms with Crippen molar-refractivity contribution in [1.82, 2.24) is 10.2 Å². The fraction of sp³-hybridized carbons (Fsp3) is 0.933. The van der Waals surface area contributed by atoms with E-state index in [0.29, 0.717) is 18.0 Å². The number of hydrogen-bond acceptors (Lipinski definition) is 2. The largest absolute Gasteiger partial charge is 0.370 e. The van der Waals surface area contributed by atoms with Crippen molar-refractivity contribution < 1.29 is 0 Å². The Labute approximate surface area is 141 Å². The molecule has 1 saturated carbocycles. The minimum atomic E-state index is 0. The van der Waals surface area contributed by atoms with E-state index >= 15 is 0 Å². The number of halogens is 1. The van der Waals surface area contributed by atoms with Crippen molar-refractivity contribution in [1.29, 1.82) is 0 Å². The molecule has 0 aromatic heterocycles. The molecule has 2 fully saturated rings. The van der Waals surface area contributed by atoms with Gasteiger partial charge in [-0.15, -0.1) is 24.0 Å². The molecule has 1 saturated heterocycles. The Morgan fingerprint density at radius 1 is 1.25 bits per heavy atom. The smallest absolute Gasteiger partial charge is 0.188 e. The summed E-state index contributed by atoms with van der Waals surface area (Å²) in [7, 11) is 0. The summed E-state index contributed by atoms with van der Waals surface area (Å²) in [6.07, 6.45) is 7.74. The Balaban J connectivity index is 0.00000200. The SMILES string of the molecule is CC(C)CN1CCC[C@@H]1CN=C(N)NC1CCCC1.I. The van der Waals surface area contributed by atoms with E-state index in [1.807, 2.05) is 0 Å². The number of nitrogens with zero attached hydrogens (tertiary/aromatic N) is 2. The van der Waals surface area contributed by atoms with E-state index < -0.39 is 0 Å². The zero-order chi connectivity index (χ0) is 13.7. The van der Waals surface area contributed by atoms with Crippen LogP contribution < -0.4 is 11.1 Å². The molecular weight excluding hydrogens is 363 g/mol. The van der Waals surface area contributed by atoms with Gasteiger partial charge in [-0.25, -0.2) is 0 Å². The molecule has 0 radical (unpaired) electrons. The molecule has 2 aliphatic rings. The maximum absolute atomic E-state index is 6.00. The number of nitrogens with one attached hydrogen (secondary N) is 1. The second kappa shape index (κ2) is 9.07. The second-order valence-electron chi connectivity index (χ2n) is 6.54. The number of rotatable bonds is 5. The van der Waals surface area contributed by atoms with Gasteiger partial charge in [0.25, 0.3) is 0 Å². The quantitative estimate of drug-likeness (QED) is 0.428. The summed E-state index contributed by atoms with van der Waals surface area (Å²) in [5, 5.41) is 3.37. The van der Waals surface area contributed by atoms with Crippen molar-refractivity contribution in [3.05, 3.63) is 0 Å². The second-order valence-corrected chi connectivity index (χ2v) is 6.54. The molecule has 0 unspecified atom stereocenters. The highest BCUT2D eigenvalue weighted by Gasteiger charge is 2.24. The fourth-order valence-corrected chi connectivity index (χ4v) is 3.34. The van der Waals surface area contributed by atoms with Crippen LogP contribution in [-0.2, 0) is 0 Å². The van der Waals surface area contributed by atoms with Gasteiger partial charge in [0.05, 0.1) is 6.54 Å². The van der Waals surface area contributed by atoms with Gasteiger partial charge in [-0.1, -0.05) is 26.7 Å². The normalized spacial score (nSPS) is 25.1. The summed E-state index contributed by atoms with van der Waals surface area (Å²) in [6.45, 7) is 7.85. The van der Waals surface area contributed by atoms with Crippen LogP contribution in [0.1, 0.15) is 52.4 Å². The van der Waals surface area contributed by atoms with Crippen molar-refractivity contribution in [3.8, 4) is 0 Å². The lowest BCUT2D eigenvalue weighted by Gasteiger charge is -2.25. The molecule has 0 aromatic carbocycles. The van der Waals surface area contributed by atoms with E-state index in [0.717, 1.165) is 12.5 Å². The highest BCUT2D eigenvalue weighted by molar-refractivity contribution is 14.0. The number of aliphatic imine (C=N–C) groups is 1. The standard InChI is InChI=1S/C15H30N4.HI/c1-12(2)11-19-9-5-8-14(19)10-17-15(16)18-13-6-3-4-7-13;/h12-14H,3-11H2,1-2H3,(H3,16,17,18);1H/t14-;/m1./s1. The number of likely N-dealkylation sites (tertiary alicyclic amines) is 1. The van der Waals surface area contributed by atoms with Crippen LogP contribution in [0.4, 0.5) is 0 Å². The first-order valence-corrected chi connectivity index (χ1v) is 7.95. The lowest BCUT2D eigenvalue weighted by Crippen LogP contribution is -2.40. The summed E-state index contributed by atoms with van der Waals surface area (Å²) in [5.74, 6) is 1.39. The van der Waals surface area contributed by atoms with Crippen LogP contribution in [0.2, 0.25) is 0 Å². The van der Waals surface area contributed by atoms with E-state index in [4.69, 9.17) is 5.73 Å². The Hall–Kier alpha value is -0.0400. The van der Waals surface area contributed by atoms with Crippen LogP contribution in [-0.4, -0.2) is 42.6 Å². The fourth-order valence-electron chi connectivity index (χ4n) is 3.34. The summed E-state index contributed by atoms with van der Waals surface area (Å²) in [4.78, 5) is 7.15. The third-order valence-corrected chi connectivity index (χ3v) is 4.28. The molecule has 1 heterocycles. The summed E-state index contributed by atoms with van der Waals surface area (Å²) in [6, 6.07) is 1.17. The number of hydrogen-bond donors (Lipinski definition) is 2. The Bertz CT molecular complexity index is 300. The van der Waals surface area contributed by atoms with Crippen molar-refractivity contribution >= 4 is 29.9 Å². The first-order valence-electron chi connectivity index (χ1n) is 7.95. The van der Waals surface area contributed by atoms with E-state index in [-0.39, 0.29) is 24.0 Å². The number of nitrogens with two attached hydrogens (primary N) is 1. The first kappa shape index (κ1) is 18.0.